The van der Waals surface area contributed by atoms with E-state index in [1.807, 2.05) is 0 Å². The van der Waals surface area contributed by atoms with E-state index in [1.165, 1.54) is 0 Å². The van der Waals surface area contributed by atoms with E-state index in [4.69, 9.17) is 0 Å². The van der Waals surface area contributed by atoms with Crippen LogP contribution in [-0.2, 0) is 19.2 Å². The fourth-order valence-electron chi connectivity index (χ4n) is 1.55. The van der Waals surface area contributed by atoms with Gasteiger partial charge in [-0.05, 0) is 14.1 Å². The Labute approximate surface area is 151 Å². The predicted octanol–water partition coefficient (Wildman–Crippen LogP) is 4.64. The van der Waals surface area contributed by atoms with Crippen molar-refractivity contribution in [1.82, 2.24) is 8.46 Å². The van der Waals surface area contributed by atoms with Crippen LogP contribution in [0.2, 0.25) is 75.9 Å². The summed E-state index contributed by atoms with van der Waals surface area (Å²) in [5.41, 5.74) is 0. The maximum atomic E-state index is 2.63. The van der Waals surface area contributed by atoms with E-state index in [9.17, 15) is 0 Å². The standard InChI is InChI=1S/2C6H19NSi2.2CH3.Ti/c2*1-7(8(2)3)9(4,5)6;;;/h2*8H,1-6H3;2*1H3;. The van der Waals surface area contributed by atoms with Gasteiger partial charge in [-0.3, -0.25) is 0 Å². The van der Waals surface area contributed by atoms with E-state index in [-0.39, 0.29) is 0 Å². The molecule has 21 heavy (non-hydrogen) atoms. The second-order valence-electron chi connectivity index (χ2n) is 8.25. The molecule has 0 N–H and O–H groups in total. The second-order valence-corrected chi connectivity index (χ2v) is 26.9. The quantitative estimate of drug-likeness (QED) is 0.634. The number of hydrogen-bond donors (Lipinski definition) is 0. The molecule has 0 spiro atoms. The van der Waals surface area contributed by atoms with Crippen LogP contribution in [0.1, 0.15) is 0 Å². The van der Waals surface area contributed by atoms with E-state index < -0.39 is 34.4 Å². The van der Waals surface area contributed by atoms with Gasteiger partial charge >= 0.3 is 29.6 Å². The van der Waals surface area contributed by atoms with Crippen LogP contribution in [0.15, 0.2) is 0 Å². The molecule has 0 unspecified atom stereocenters. The first-order valence-electron chi connectivity index (χ1n) is 8.17. The molecule has 0 aliphatic carbocycles. The van der Waals surface area contributed by atoms with E-state index in [1.54, 1.807) is 0 Å². The van der Waals surface area contributed by atoms with Crippen molar-refractivity contribution in [3.63, 3.8) is 0 Å². The van der Waals surface area contributed by atoms with Crippen LogP contribution in [-0.4, -0.2) is 56.9 Å². The fraction of sp³-hybridized carbons (Fsp3) is 1.00. The SMILES string of the molecule is CN([SiH](C)C)[Si](C)(C)C.CN([SiH](C)C)[Si](C)(C)C.[CH3][Ti][CH3]. The van der Waals surface area contributed by atoms with Gasteiger partial charge in [0.2, 0.25) is 0 Å². The zero-order valence-electron chi connectivity index (χ0n) is 17.5. The molecule has 0 rings (SSSR count). The van der Waals surface area contributed by atoms with Crippen molar-refractivity contribution in [2.45, 2.75) is 75.9 Å². The van der Waals surface area contributed by atoms with Gasteiger partial charge in [-0.25, -0.2) is 0 Å². The van der Waals surface area contributed by atoms with Gasteiger partial charge in [-0.15, -0.1) is 0 Å². The minimum absolute atomic E-state index is 0.495. The van der Waals surface area contributed by atoms with Crippen molar-refractivity contribution in [3.05, 3.63) is 0 Å². The monoisotopic (exact) mass is 400 g/mol. The summed E-state index contributed by atoms with van der Waals surface area (Å²) < 4.78 is 5.26. The van der Waals surface area contributed by atoms with Crippen molar-refractivity contribution >= 4 is 34.4 Å². The topological polar surface area (TPSA) is 6.48 Å². The van der Waals surface area contributed by atoms with Crippen molar-refractivity contribution in [1.29, 1.82) is 0 Å². The van der Waals surface area contributed by atoms with Crippen LogP contribution in [0.25, 0.3) is 0 Å². The molecule has 0 amide bonds. The first kappa shape index (κ1) is 27.4. The van der Waals surface area contributed by atoms with Crippen LogP contribution in [0, 0.1) is 0 Å². The fourth-order valence-corrected chi connectivity index (χ4v) is 13.9. The Morgan fingerprint density at radius 3 is 0.762 bits per heavy atom. The zero-order valence-corrected chi connectivity index (χ0v) is 23.4. The summed E-state index contributed by atoms with van der Waals surface area (Å²) in [5, 5.41) is 4.50. The molecule has 0 aliphatic rings. The number of rotatable bonds is 4. The Morgan fingerprint density at radius 2 is 0.762 bits per heavy atom. The van der Waals surface area contributed by atoms with Gasteiger partial charge < -0.3 is 8.46 Å². The normalized spacial score (nSPS) is 12.1. The third-order valence-electron chi connectivity index (χ3n) is 3.67. The van der Waals surface area contributed by atoms with Gasteiger partial charge in [-0.2, -0.15) is 0 Å². The van der Waals surface area contributed by atoms with E-state index in [0.717, 1.165) is 0 Å². The van der Waals surface area contributed by atoms with Crippen LogP contribution in [0.3, 0.4) is 0 Å². The van der Waals surface area contributed by atoms with Gasteiger partial charge in [-0.1, -0.05) is 65.5 Å². The van der Waals surface area contributed by atoms with Gasteiger partial charge in [0.15, 0.2) is 0 Å². The zero-order chi connectivity index (χ0) is 18.0. The van der Waals surface area contributed by atoms with E-state index in [2.05, 4.69) is 98.5 Å². The maximum absolute atomic E-state index is 2.63. The first-order valence-corrected chi connectivity index (χ1v) is 23.8. The molecule has 0 aromatic heterocycles. The van der Waals surface area contributed by atoms with Gasteiger partial charge in [0, 0.05) is 0 Å². The molecule has 0 radical (unpaired) electrons. The molecule has 0 heterocycles. The number of nitrogens with zero attached hydrogens (tertiary/aromatic N) is 2. The molecule has 2 nitrogen and oxygen atoms in total. The van der Waals surface area contributed by atoms with Gasteiger partial charge in [0.05, 0.1) is 17.9 Å². The van der Waals surface area contributed by atoms with Gasteiger partial charge in [0.1, 0.15) is 16.5 Å². The molecule has 7 heteroatoms. The summed E-state index contributed by atoms with van der Waals surface area (Å²) in [7, 11) is 1.72. The second kappa shape index (κ2) is 12.9. The average Bonchev–Trinajstić information content (AvgIpc) is 2.26. The summed E-state index contributed by atoms with van der Waals surface area (Å²) in [6.45, 7) is 24.0. The minimum atomic E-state index is -0.929. The Hall–Kier alpha value is 1.50. The van der Waals surface area contributed by atoms with Crippen molar-refractivity contribution in [2.75, 3.05) is 14.1 Å². The van der Waals surface area contributed by atoms with Crippen LogP contribution < -0.4 is 0 Å². The predicted molar refractivity (Wildman–Crippen MR) is 112 cm³/mol. The Bertz CT molecular complexity index is 214. The molecule has 0 aromatic rings. The average molecular weight is 401 g/mol. The molecule has 0 bridgehead atoms. The Kier molecular flexibility index (Phi) is 16.8. The van der Waals surface area contributed by atoms with E-state index >= 15 is 0 Å². The molecule has 0 saturated heterocycles. The summed E-state index contributed by atoms with van der Waals surface area (Å²) in [5.74, 6) is 0. The van der Waals surface area contributed by atoms with Crippen LogP contribution in [0.5, 0.6) is 0 Å². The molecule has 0 aromatic carbocycles. The number of hydrogen-bond acceptors (Lipinski definition) is 2. The third-order valence-corrected chi connectivity index (χ3v) is 18.7. The van der Waals surface area contributed by atoms with Crippen LogP contribution in [0.4, 0.5) is 0 Å². The molecule has 0 aliphatic heterocycles. The van der Waals surface area contributed by atoms with Crippen molar-refractivity contribution in [2.24, 2.45) is 0 Å². The summed E-state index contributed by atoms with van der Waals surface area (Å²) >= 11 is 0.500. The third kappa shape index (κ3) is 17.7. The molecule has 0 fully saturated rings. The van der Waals surface area contributed by atoms with E-state index in [0.29, 0.717) is 19.2 Å². The van der Waals surface area contributed by atoms with Crippen molar-refractivity contribution in [3.8, 4) is 0 Å². The summed E-state index contributed by atoms with van der Waals surface area (Å²) in [6.07, 6.45) is 0. The molecule has 0 atom stereocenters. The first-order chi connectivity index (χ1) is 9.12. The Balaban J connectivity index is -0.000000260. The van der Waals surface area contributed by atoms with Crippen LogP contribution >= 0.6 is 0 Å². The summed E-state index contributed by atoms with van der Waals surface area (Å²) in [6, 6.07) is 0. The molecular weight excluding hydrogens is 356 g/mol. The molecule has 130 valence electrons. The Morgan fingerprint density at radius 1 is 0.619 bits per heavy atom. The molecular formula is C14H44N2Si4Ti. The van der Waals surface area contributed by atoms with Crippen molar-refractivity contribution < 1.29 is 19.2 Å². The van der Waals surface area contributed by atoms with Gasteiger partial charge in [0.25, 0.3) is 0 Å². The molecule has 0 saturated carbocycles. The summed E-state index contributed by atoms with van der Waals surface area (Å²) in [4.78, 5) is 0.